The Morgan fingerprint density at radius 3 is 2.19 bits per heavy atom. The molecule has 0 saturated heterocycles. The highest BCUT2D eigenvalue weighted by Crippen LogP contribution is 2.48. The van der Waals surface area contributed by atoms with Gasteiger partial charge < -0.3 is 0 Å². The summed E-state index contributed by atoms with van der Waals surface area (Å²) in [6.07, 6.45) is 2.34. The van der Waals surface area contributed by atoms with Gasteiger partial charge in [0, 0.05) is 23.6 Å². The van der Waals surface area contributed by atoms with E-state index < -0.39 is 45.0 Å². The second kappa shape index (κ2) is 5.87. The first-order chi connectivity index (χ1) is 12.6. The van der Waals surface area contributed by atoms with Crippen LogP contribution in [-0.4, -0.2) is 26.1 Å². The van der Waals surface area contributed by atoms with Gasteiger partial charge in [-0.1, -0.05) is 11.6 Å². The van der Waals surface area contributed by atoms with Gasteiger partial charge >= 0.3 is 0 Å². The summed E-state index contributed by atoms with van der Waals surface area (Å²) in [6, 6.07) is 0.824. The van der Waals surface area contributed by atoms with Crippen LogP contribution in [0.2, 0.25) is 5.02 Å². The van der Waals surface area contributed by atoms with Crippen molar-refractivity contribution in [2.75, 3.05) is 9.21 Å². The molecular formula is C17H14ClFN2O5S. The molecule has 142 valence electrons. The van der Waals surface area contributed by atoms with Crippen molar-refractivity contribution in [2.45, 2.75) is 38.4 Å². The lowest BCUT2D eigenvalue weighted by Gasteiger charge is -2.21. The Balaban J connectivity index is 1.94. The fourth-order valence-corrected chi connectivity index (χ4v) is 5.92. The molecule has 0 atom stereocenters. The van der Waals surface area contributed by atoms with E-state index in [9.17, 15) is 27.2 Å². The lowest BCUT2D eigenvalue weighted by molar-refractivity contribution is -0.121. The molecule has 27 heavy (non-hydrogen) atoms. The SMILES string of the molecule is CC(=O)N1c2c(Cl)cc(F)c(N3C(=O)C4=C(CCCC4)C3=O)c2CS1(=O)=O. The molecule has 1 aliphatic carbocycles. The number of halogens is 2. The summed E-state index contributed by atoms with van der Waals surface area (Å²) < 4.78 is 40.2. The third kappa shape index (κ3) is 2.45. The average molecular weight is 413 g/mol. The van der Waals surface area contributed by atoms with E-state index in [1.165, 1.54) is 0 Å². The van der Waals surface area contributed by atoms with Crippen molar-refractivity contribution in [3.8, 4) is 0 Å². The van der Waals surface area contributed by atoms with E-state index in [0.29, 0.717) is 33.2 Å². The molecule has 0 N–H and O–H groups in total. The number of hydrogen-bond donors (Lipinski definition) is 0. The minimum absolute atomic E-state index is 0.156. The quantitative estimate of drug-likeness (QED) is 0.660. The van der Waals surface area contributed by atoms with Gasteiger partial charge in [-0.15, -0.1) is 0 Å². The fourth-order valence-electron chi connectivity index (χ4n) is 3.93. The molecule has 4 rings (SSSR count). The smallest absolute Gasteiger partial charge is 0.261 e. The van der Waals surface area contributed by atoms with Crippen LogP contribution in [0.5, 0.6) is 0 Å². The number of carbonyl (C=O) groups is 3. The summed E-state index contributed by atoms with van der Waals surface area (Å²) in [4.78, 5) is 38.1. The Morgan fingerprint density at radius 2 is 1.67 bits per heavy atom. The Labute approximate surface area is 159 Å². The van der Waals surface area contributed by atoms with E-state index in [4.69, 9.17) is 11.6 Å². The van der Waals surface area contributed by atoms with Crippen LogP contribution in [0.3, 0.4) is 0 Å². The molecule has 2 aliphatic heterocycles. The maximum atomic E-state index is 14.8. The molecule has 0 radical (unpaired) electrons. The van der Waals surface area contributed by atoms with Crippen LogP contribution < -0.4 is 9.21 Å². The molecule has 3 aliphatic rings. The predicted molar refractivity (Wildman–Crippen MR) is 95.2 cm³/mol. The Kier molecular flexibility index (Phi) is 3.94. The van der Waals surface area contributed by atoms with Crippen LogP contribution in [0.1, 0.15) is 38.2 Å². The molecule has 0 aromatic heterocycles. The molecular weight excluding hydrogens is 399 g/mol. The van der Waals surface area contributed by atoms with E-state index in [-0.39, 0.29) is 16.3 Å². The molecule has 1 aromatic carbocycles. The third-order valence-corrected chi connectivity index (χ3v) is 6.92. The number of amides is 3. The zero-order valence-corrected chi connectivity index (χ0v) is 15.8. The lowest BCUT2D eigenvalue weighted by atomic mass is 9.93. The van der Waals surface area contributed by atoms with Gasteiger partial charge in [0.1, 0.15) is 5.82 Å². The largest absolute Gasteiger partial charge is 0.274 e. The summed E-state index contributed by atoms with van der Waals surface area (Å²) in [5, 5.41) is -0.278. The molecule has 3 amide bonds. The second-order valence-electron chi connectivity index (χ2n) is 6.67. The monoisotopic (exact) mass is 412 g/mol. The van der Waals surface area contributed by atoms with Crippen molar-refractivity contribution in [2.24, 2.45) is 0 Å². The average Bonchev–Trinajstić information content (AvgIpc) is 3.01. The molecule has 0 bridgehead atoms. The second-order valence-corrected chi connectivity index (χ2v) is 8.89. The number of fused-ring (bicyclic) bond motifs is 1. The summed E-state index contributed by atoms with van der Waals surface area (Å²) in [5.41, 5.74) is -0.105. The van der Waals surface area contributed by atoms with Crippen LogP contribution >= 0.6 is 11.6 Å². The Hall–Kier alpha value is -2.26. The number of carbonyl (C=O) groups excluding carboxylic acids is 3. The Morgan fingerprint density at radius 1 is 1.11 bits per heavy atom. The van der Waals surface area contributed by atoms with Gasteiger partial charge in [0.15, 0.2) is 0 Å². The predicted octanol–water partition coefficient (Wildman–Crippen LogP) is 2.42. The van der Waals surface area contributed by atoms with Crippen molar-refractivity contribution < 1.29 is 27.2 Å². The van der Waals surface area contributed by atoms with Gasteiger partial charge in [0.25, 0.3) is 11.8 Å². The van der Waals surface area contributed by atoms with E-state index >= 15 is 0 Å². The number of imide groups is 1. The topological polar surface area (TPSA) is 91.8 Å². The number of anilines is 2. The molecule has 1 aromatic rings. The molecule has 0 spiro atoms. The summed E-state index contributed by atoms with van der Waals surface area (Å²) in [6.45, 7) is 1.04. The molecule has 0 unspecified atom stereocenters. The highest BCUT2D eigenvalue weighted by molar-refractivity contribution is 7.93. The van der Waals surface area contributed by atoms with Gasteiger partial charge in [-0.2, -0.15) is 0 Å². The molecule has 0 fully saturated rings. The van der Waals surface area contributed by atoms with E-state index in [1.54, 1.807) is 0 Å². The highest BCUT2D eigenvalue weighted by Gasteiger charge is 2.46. The first-order valence-corrected chi connectivity index (χ1v) is 10.3. The normalized spacial score (nSPS) is 21.0. The number of nitrogens with zero attached hydrogens (tertiary/aromatic N) is 2. The Bertz CT molecular complexity index is 1050. The van der Waals surface area contributed by atoms with Crippen LogP contribution in [0.4, 0.5) is 15.8 Å². The maximum absolute atomic E-state index is 14.8. The number of sulfonamides is 1. The van der Waals surface area contributed by atoms with Crippen molar-refractivity contribution in [1.29, 1.82) is 0 Å². The van der Waals surface area contributed by atoms with Gasteiger partial charge in [0.2, 0.25) is 15.9 Å². The maximum Gasteiger partial charge on any atom is 0.261 e. The van der Waals surface area contributed by atoms with Crippen molar-refractivity contribution in [3.05, 3.63) is 33.6 Å². The van der Waals surface area contributed by atoms with Gasteiger partial charge in [-0.3, -0.25) is 14.4 Å². The van der Waals surface area contributed by atoms with Gasteiger partial charge in [0.05, 0.1) is 22.2 Å². The molecule has 0 saturated carbocycles. The van der Waals surface area contributed by atoms with E-state index in [2.05, 4.69) is 0 Å². The summed E-state index contributed by atoms with van der Waals surface area (Å²) in [7, 11) is -4.13. The van der Waals surface area contributed by atoms with Crippen molar-refractivity contribution in [3.63, 3.8) is 0 Å². The zero-order valence-electron chi connectivity index (χ0n) is 14.2. The first kappa shape index (κ1) is 18.1. The standard InChI is InChI=1S/C17H14ClFN2O5S/c1-8(22)21-14-11(7-27(21,25)26)15(13(19)6-12(14)18)20-16(23)9-4-2-3-5-10(9)17(20)24/h6H,2-5,7H2,1H3. The summed E-state index contributed by atoms with van der Waals surface area (Å²) >= 11 is 6.02. The van der Waals surface area contributed by atoms with E-state index in [0.717, 1.165) is 25.8 Å². The summed E-state index contributed by atoms with van der Waals surface area (Å²) in [5.74, 6) is -3.81. The van der Waals surface area contributed by atoms with Crippen LogP contribution in [0.25, 0.3) is 0 Å². The van der Waals surface area contributed by atoms with E-state index in [1.807, 2.05) is 0 Å². The minimum atomic E-state index is -4.13. The third-order valence-electron chi connectivity index (χ3n) is 4.99. The number of rotatable bonds is 1. The van der Waals surface area contributed by atoms with Crippen LogP contribution in [0.15, 0.2) is 17.2 Å². The number of benzene rings is 1. The fraction of sp³-hybridized carbons (Fsp3) is 0.353. The van der Waals surface area contributed by atoms with Gasteiger partial charge in [-0.25, -0.2) is 22.0 Å². The lowest BCUT2D eigenvalue weighted by Crippen LogP contribution is -2.33. The van der Waals surface area contributed by atoms with Crippen molar-refractivity contribution in [1.82, 2.24) is 0 Å². The molecule has 7 nitrogen and oxygen atoms in total. The first-order valence-electron chi connectivity index (χ1n) is 8.30. The molecule has 10 heteroatoms. The van der Waals surface area contributed by atoms with Gasteiger partial charge in [-0.05, 0) is 31.7 Å². The molecule has 2 heterocycles. The zero-order chi connectivity index (χ0) is 19.7. The minimum Gasteiger partial charge on any atom is -0.274 e. The highest BCUT2D eigenvalue weighted by atomic mass is 35.5. The number of hydrogen-bond acceptors (Lipinski definition) is 5. The van der Waals surface area contributed by atoms with Crippen LogP contribution in [-0.2, 0) is 30.2 Å². The van der Waals surface area contributed by atoms with Crippen molar-refractivity contribution >= 4 is 50.7 Å². The van der Waals surface area contributed by atoms with Crippen LogP contribution in [0, 0.1) is 5.82 Å².